The highest BCUT2D eigenvalue weighted by Gasteiger charge is 1.58. The number of aromatic nitrogens is 2. The Kier molecular flexibility index (Phi) is 0.433. The van der Waals surface area contributed by atoms with Crippen LogP contribution in [0.4, 0.5) is 0 Å². The topological polar surface area (TPSA) is 28.7 Å². The van der Waals surface area contributed by atoms with Crippen LogP contribution in [0.2, 0.25) is 0 Å². The molecular formula is C3H3N2. The van der Waals surface area contributed by atoms with Gasteiger partial charge in [0.15, 0.2) is 0 Å². The summed E-state index contributed by atoms with van der Waals surface area (Å²) in [6.45, 7) is 0. The van der Waals surface area contributed by atoms with Gasteiger partial charge in [-0.25, -0.2) is 0 Å². The molecule has 0 aliphatic rings. The molecule has 1 aromatic rings. The molecule has 0 saturated heterocycles. The van der Waals surface area contributed by atoms with Gasteiger partial charge in [-0.1, -0.05) is 0 Å². The highest BCUT2D eigenvalue weighted by molar-refractivity contribution is 4.69. The highest BCUT2D eigenvalue weighted by atomic mass is 15.1. The van der Waals surface area contributed by atoms with Crippen molar-refractivity contribution in [1.29, 1.82) is 0 Å². The van der Waals surface area contributed by atoms with E-state index in [1.807, 2.05) is 0 Å². The fourth-order valence-electron chi connectivity index (χ4n) is 0.186. The Morgan fingerprint density at radius 2 is 2.80 bits per heavy atom. The summed E-state index contributed by atoms with van der Waals surface area (Å²) in [4.78, 5) is 0. The second-order valence-electron chi connectivity index (χ2n) is 0.701. The van der Waals surface area contributed by atoms with Crippen LogP contribution in [-0.2, 0) is 0 Å². The lowest BCUT2D eigenvalue weighted by atomic mass is 10.8. The molecule has 0 fully saturated rings. The van der Waals surface area contributed by atoms with Gasteiger partial charge in [-0.15, -0.1) is 0 Å². The maximum atomic E-state index is 3.54. The van der Waals surface area contributed by atoms with E-state index >= 15 is 0 Å². The fourth-order valence-corrected chi connectivity index (χ4v) is 0.186. The first-order valence-electron chi connectivity index (χ1n) is 1.35. The molecule has 5 heavy (non-hydrogen) atoms. The van der Waals surface area contributed by atoms with Gasteiger partial charge in [0.1, 0.15) is 0 Å². The molecule has 0 spiro atoms. The molecule has 0 saturated carbocycles. The molecule has 0 amide bonds. The Bertz CT molecular complexity index is 61.4. The molecular weight excluding hydrogens is 64.0 g/mol. The maximum Gasteiger partial charge on any atom is 0.0828 e. The van der Waals surface area contributed by atoms with Crippen LogP contribution in [-0.4, -0.2) is 10.2 Å². The first-order valence-corrected chi connectivity index (χ1v) is 1.35. The second-order valence-corrected chi connectivity index (χ2v) is 0.701. The Morgan fingerprint density at radius 3 is 3.00 bits per heavy atom. The number of nitrogens with one attached hydrogen (secondary N) is 1. The SMILES string of the molecule is [c]1ccn[nH]1. The third-order valence-electron chi connectivity index (χ3n) is 0.362. The molecule has 1 rings (SSSR count). The normalized spacial score (nSPS) is 8.00. The van der Waals surface area contributed by atoms with Crippen LogP contribution in [0.1, 0.15) is 0 Å². The minimum absolute atomic E-state index is 1.64. The molecule has 0 bridgehead atoms. The number of hydrogen-bond donors (Lipinski definition) is 1. The van der Waals surface area contributed by atoms with Gasteiger partial charge in [0.2, 0.25) is 0 Å². The van der Waals surface area contributed by atoms with Crippen molar-refractivity contribution in [3.05, 3.63) is 18.5 Å². The van der Waals surface area contributed by atoms with Crippen molar-refractivity contribution in [3.8, 4) is 0 Å². The average Bonchev–Trinajstić information content (AvgIpc) is 1.76. The van der Waals surface area contributed by atoms with Crippen LogP contribution in [0.25, 0.3) is 0 Å². The van der Waals surface area contributed by atoms with Crippen LogP contribution in [0.3, 0.4) is 0 Å². The van der Waals surface area contributed by atoms with Crippen molar-refractivity contribution in [2.75, 3.05) is 0 Å². The summed E-state index contributed by atoms with van der Waals surface area (Å²) in [6.07, 6.45) is 4.26. The van der Waals surface area contributed by atoms with Gasteiger partial charge in [0.05, 0.1) is 6.20 Å². The Balaban J connectivity index is 3.13. The van der Waals surface area contributed by atoms with E-state index in [4.69, 9.17) is 0 Å². The third-order valence-corrected chi connectivity index (χ3v) is 0.362. The number of hydrogen-bond acceptors (Lipinski definition) is 1. The maximum absolute atomic E-state index is 3.54. The highest BCUT2D eigenvalue weighted by Crippen LogP contribution is 1.62. The number of aromatic amines is 1. The third kappa shape index (κ3) is 0.265. The van der Waals surface area contributed by atoms with Crippen molar-refractivity contribution < 1.29 is 0 Å². The Morgan fingerprint density at radius 1 is 1.80 bits per heavy atom. The first kappa shape index (κ1) is 2.45. The van der Waals surface area contributed by atoms with E-state index in [2.05, 4.69) is 16.4 Å². The van der Waals surface area contributed by atoms with Gasteiger partial charge >= 0.3 is 0 Å². The largest absolute Gasteiger partial charge is 0.276 e. The van der Waals surface area contributed by atoms with Crippen LogP contribution < -0.4 is 0 Å². The summed E-state index contributed by atoms with van der Waals surface area (Å²) in [5.74, 6) is 0. The molecule has 2 heteroatoms. The van der Waals surface area contributed by atoms with Crippen molar-refractivity contribution in [1.82, 2.24) is 10.2 Å². The van der Waals surface area contributed by atoms with E-state index in [9.17, 15) is 0 Å². The number of rotatable bonds is 0. The number of H-pyrrole nitrogens is 1. The molecule has 1 heterocycles. The minimum atomic E-state index is 1.64. The van der Waals surface area contributed by atoms with Crippen LogP contribution in [0.15, 0.2) is 12.3 Å². The zero-order valence-electron chi connectivity index (χ0n) is 2.60. The van der Waals surface area contributed by atoms with Gasteiger partial charge in [-0.2, -0.15) is 5.10 Å². The summed E-state index contributed by atoms with van der Waals surface area (Å²) in [5, 5.41) is 6.03. The number of nitrogens with zero attached hydrogens (tertiary/aromatic N) is 1. The van der Waals surface area contributed by atoms with E-state index in [0.717, 1.165) is 0 Å². The van der Waals surface area contributed by atoms with Gasteiger partial charge in [-0.3, -0.25) is 5.10 Å². The smallest absolute Gasteiger partial charge is 0.0828 e. The van der Waals surface area contributed by atoms with Crippen molar-refractivity contribution >= 4 is 0 Å². The second kappa shape index (κ2) is 0.885. The van der Waals surface area contributed by atoms with Gasteiger partial charge < -0.3 is 0 Å². The van der Waals surface area contributed by atoms with Crippen LogP contribution in [0.5, 0.6) is 0 Å². The summed E-state index contributed by atoms with van der Waals surface area (Å²) >= 11 is 0. The lowest BCUT2D eigenvalue weighted by Gasteiger charge is -1.48. The summed E-state index contributed by atoms with van der Waals surface area (Å²) in [7, 11) is 0. The predicted octanol–water partition coefficient (Wildman–Crippen LogP) is 0.210. The lowest BCUT2D eigenvalue weighted by Crippen LogP contribution is -1.54. The minimum Gasteiger partial charge on any atom is -0.276 e. The molecule has 1 N–H and O–H groups in total. The molecule has 0 aromatic carbocycles. The molecule has 0 aliphatic heterocycles. The average molecular weight is 67.1 g/mol. The molecule has 1 radical (unpaired) electrons. The van der Waals surface area contributed by atoms with E-state index in [1.165, 1.54) is 0 Å². The van der Waals surface area contributed by atoms with Gasteiger partial charge in [0.25, 0.3) is 0 Å². The zero-order chi connectivity index (χ0) is 3.54. The first-order chi connectivity index (χ1) is 2.50. The van der Waals surface area contributed by atoms with Crippen molar-refractivity contribution in [2.24, 2.45) is 0 Å². The van der Waals surface area contributed by atoms with Crippen LogP contribution in [0, 0.1) is 6.20 Å². The van der Waals surface area contributed by atoms with E-state index in [1.54, 1.807) is 12.3 Å². The standard InChI is InChI=1S/C3H3N2/c1-2-4-5-3-1/h1-2H,(H,4,5). The Hall–Kier alpha value is -0.790. The van der Waals surface area contributed by atoms with Crippen LogP contribution >= 0.6 is 0 Å². The van der Waals surface area contributed by atoms with Gasteiger partial charge in [0, 0.05) is 6.20 Å². The molecule has 25 valence electrons. The van der Waals surface area contributed by atoms with Gasteiger partial charge in [-0.05, 0) is 6.07 Å². The zero-order valence-corrected chi connectivity index (χ0v) is 2.60. The molecule has 0 aliphatic carbocycles. The molecule has 0 unspecified atom stereocenters. The van der Waals surface area contributed by atoms with Crippen molar-refractivity contribution in [3.63, 3.8) is 0 Å². The predicted molar refractivity (Wildman–Crippen MR) is 17.4 cm³/mol. The van der Waals surface area contributed by atoms with E-state index in [-0.39, 0.29) is 0 Å². The fraction of sp³-hybridized carbons (Fsp3) is 0. The molecule has 2 nitrogen and oxygen atoms in total. The van der Waals surface area contributed by atoms with E-state index in [0.29, 0.717) is 0 Å². The van der Waals surface area contributed by atoms with E-state index < -0.39 is 0 Å². The molecule has 1 aromatic heterocycles. The Labute approximate surface area is 29.8 Å². The summed E-state index contributed by atoms with van der Waals surface area (Å²) in [6, 6.07) is 1.71. The lowest BCUT2D eigenvalue weighted by molar-refractivity contribution is 1.08. The summed E-state index contributed by atoms with van der Waals surface area (Å²) < 4.78 is 0. The summed E-state index contributed by atoms with van der Waals surface area (Å²) in [5.41, 5.74) is 0. The molecule has 0 atom stereocenters. The van der Waals surface area contributed by atoms with Crippen molar-refractivity contribution in [2.45, 2.75) is 0 Å². The quantitative estimate of drug-likeness (QED) is 0.461. The monoisotopic (exact) mass is 67.0 g/mol.